The number of amides is 3. The largest absolute Gasteiger partial charge is 0.337 e. The van der Waals surface area contributed by atoms with Gasteiger partial charge in [0.2, 0.25) is 0 Å². The summed E-state index contributed by atoms with van der Waals surface area (Å²) in [6.45, 7) is 3.79. The van der Waals surface area contributed by atoms with Crippen LogP contribution in [0.5, 0.6) is 0 Å². The molecule has 0 radical (unpaired) electrons. The molecule has 4 heterocycles. The first-order valence-corrected chi connectivity index (χ1v) is 10.2. The Morgan fingerprint density at radius 2 is 1.86 bits per heavy atom. The molecule has 0 saturated carbocycles. The average Bonchev–Trinajstić information content (AvgIpc) is 3.48. The van der Waals surface area contributed by atoms with Gasteiger partial charge in [-0.3, -0.25) is 9.78 Å². The van der Waals surface area contributed by atoms with Gasteiger partial charge in [0.15, 0.2) is 0 Å². The molecule has 5 rings (SSSR count). The summed E-state index contributed by atoms with van der Waals surface area (Å²) in [5, 5.41) is 6.51. The maximum absolute atomic E-state index is 12.9. The first-order chi connectivity index (χ1) is 14.1. The molecule has 1 unspecified atom stereocenters. The number of likely N-dealkylation sites (tertiary alicyclic amines) is 1. The molecular weight excluding hydrogens is 366 g/mol. The highest BCUT2D eigenvalue weighted by atomic mass is 16.2. The Hall–Kier alpha value is -2.93. The van der Waals surface area contributed by atoms with E-state index < -0.39 is 0 Å². The lowest BCUT2D eigenvalue weighted by atomic mass is 9.97. The Bertz CT molecular complexity index is 911. The zero-order valence-electron chi connectivity index (χ0n) is 16.4. The number of nitrogens with one attached hydrogen (secondary N) is 2. The standard InChI is InChI=1S/C22H25N5O2/c28-20(26-11-8-22(15-26)7-1-9-24-22)16-2-4-19(5-3-16)25-21(29)27-13-17-6-10-23-12-18(17)14-27/h2-6,10,12,24H,1,7-9,11,13-15H2,(H,25,29). The summed E-state index contributed by atoms with van der Waals surface area (Å²) in [7, 11) is 0. The van der Waals surface area contributed by atoms with E-state index in [-0.39, 0.29) is 17.5 Å². The number of hydrogen-bond donors (Lipinski definition) is 2. The molecule has 3 amide bonds. The fraction of sp³-hybridized carbons (Fsp3) is 0.409. The Morgan fingerprint density at radius 3 is 2.62 bits per heavy atom. The number of nitrogens with zero attached hydrogens (tertiary/aromatic N) is 3. The fourth-order valence-corrected chi connectivity index (χ4v) is 4.71. The molecule has 29 heavy (non-hydrogen) atoms. The Labute approximate surface area is 170 Å². The third-order valence-corrected chi connectivity index (χ3v) is 6.37. The second-order valence-electron chi connectivity index (χ2n) is 8.30. The summed E-state index contributed by atoms with van der Waals surface area (Å²) >= 11 is 0. The van der Waals surface area contributed by atoms with Crippen molar-refractivity contribution in [1.82, 2.24) is 20.1 Å². The third-order valence-electron chi connectivity index (χ3n) is 6.37. The number of carbonyl (C=O) groups is 2. The van der Waals surface area contributed by atoms with Gasteiger partial charge in [0, 0.05) is 55.4 Å². The van der Waals surface area contributed by atoms with Crippen LogP contribution in [-0.4, -0.2) is 51.9 Å². The summed E-state index contributed by atoms with van der Waals surface area (Å²) in [5.41, 5.74) is 3.71. The predicted octanol–water partition coefficient (Wildman–Crippen LogP) is 2.60. The van der Waals surface area contributed by atoms with E-state index in [2.05, 4.69) is 15.6 Å². The quantitative estimate of drug-likeness (QED) is 0.825. The minimum Gasteiger partial charge on any atom is -0.337 e. The van der Waals surface area contributed by atoms with Crippen LogP contribution >= 0.6 is 0 Å². The molecule has 2 aromatic rings. The van der Waals surface area contributed by atoms with Crippen LogP contribution in [0.15, 0.2) is 42.7 Å². The van der Waals surface area contributed by atoms with Crippen molar-refractivity contribution in [3.8, 4) is 0 Å². The van der Waals surface area contributed by atoms with Crippen molar-refractivity contribution in [2.75, 3.05) is 25.0 Å². The number of hydrogen-bond acceptors (Lipinski definition) is 4. The number of carbonyl (C=O) groups excluding carboxylic acids is 2. The van der Waals surface area contributed by atoms with Gasteiger partial charge < -0.3 is 20.4 Å². The lowest BCUT2D eigenvalue weighted by Crippen LogP contribution is -2.43. The minimum atomic E-state index is -0.144. The highest BCUT2D eigenvalue weighted by molar-refractivity contribution is 5.96. The van der Waals surface area contributed by atoms with Gasteiger partial charge in [-0.2, -0.15) is 0 Å². The monoisotopic (exact) mass is 391 g/mol. The average molecular weight is 391 g/mol. The van der Waals surface area contributed by atoms with Crippen LogP contribution in [0.3, 0.4) is 0 Å². The topological polar surface area (TPSA) is 77.6 Å². The molecule has 0 aliphatic carbocycles. The van der Waals surface area contributed by atoms with Gasteiger partial charge in [0.1, 0.15) is 0 Å². The van der Waals surface area contributed by atoms with Gasteiger partial charge in [-0.15, -0.1) is 0 Å². The van der Waals surface area contributed by atoms with E-state index in [1.54, 1.807) is 35.4 Å². The van der Waals surface area contributed by atoms with Crippen LogP contribution < -0.4 is 10.6 Å². The number of benzene rings is 1. The lowest BCUT2D eigenvalue weighted by molar-refractivity contribution is 0.0782. The summed E-state index contributed by atoms with van der Waals surface area (Å²) in [5.74, 6) is 0.0657. The van der Waals surface area contributed by atoms with Crippen LogP contribution in [0.2, 0.25) is 0 Å². The minimum absolute atomic E-state index is 0.0657. The summed E-state index contributed by atoms with van der Waals surface area (Å²) in [6, 6.07) is 9.01. The van der Waals surface area contributed by atoms with Gasteiger partial charge in [0.05, 0.1) is 0 Å². The van der Waals surface area contributed by atoms with Gasteiger partial charge >= 0.3 is 6.03 Å². The van der Waals surface area contributed by atoms with Crippen molar-refractivity contribution >= 4 is 17.6 Å². The number of fused-ring (bicyclic) bond motifs is 1. The molecule has 3 aliphatic rings. The van der Waals surface area contributed by atoms with E-state index in [0.717, 1.165) is 43.6 Å². The third kappa shape index (κ3) is 3.46. The second-order valence-corrected chi connectivity index (χ2v) is 8.30. The Morgan fingerprint density at radius 1 is 1.03 bits per heavy atom. The summed E-state index contributed by atoms with van der Waals surface area (Å²) < 4.78 is 0. The van der Waals surface area contributed by atoms with E-state index in [1.165, 1.54) is 6.42 Å². The Kier molecular flexibility index (Phi) is 4.47. The highest BCUT2D eigenvalue weighted by Gasteiger charge is 2.41. The van der Waals surface area contributed by atoms with Crippen molar-refractivity contribution < 1.29 is 9.59 Å². The molecule has 1 aromatic heterocycles. The molecule has 2 saturated heterocycles. The molecule has 0 bridgehead atoms. The molecule has 1 aromatic carbocycles. The highest BCUT2D eigenvalue weighted by Crippen LogP contribution is 2.31. The molecule has 7 nitrogen and oxygen atoms in total. The van der Waals surface area contributed by atoms with Crippen molar-refractivity contribution in [3.05, 3.63) is 59.4 Å². The van der Waals surface area contributed by atoms with E-state index in [1.807, 2.05) is 17.2 Å². The zero-order valence-corrected chi connectivity index (χ0v) is 16.4. The van der Waals surface area contributed by atoms with Gasteiger partial charge in [0.25, 0.3) is 5.91 Å². The number of rotatable bonds is 2. The van der Waals surface area contributed by atoms with E-state index in [9.17, 15) is 9.59 Å². The molecular formula is C22H25N5O2. The number of urea groups is 1. The molecule has 2 N–H and O–H groups in total. The number of pyridine rings is 1. The van der Waals surface area contributed by atoms with E-state index >= 15 is 0 Å². The van der Waals surface area contributed by atoms with E-state index in [4.69, 9.17) is 0 Å². The van der Waals surface area contributed by atoms with Gasteiger partial charge in [-0.25, -0.2) is 4.79 Å². The maximum atomic E-state index is 12.9. The summed E-state index contributed by atoms with van der Waals surface area (Å²) in [4.78, 5) is 33.2. The normalized spacial score (nSPS) is 22.9. The van der Waals surface area contributed by atoms with Gasteiger partial charge in [-0.05, 0) is 67.3 Å². The zero-order chi connectivity index (χ0) is 19.8. The van der Waals surface area contributed by atoms with Crippen LogP contribution in [0.1, 0.15) is 40.7 Å². The van der Waals surface area contributed by atoms with E-state index in [0.29, 0.717) is 24.3 Å². The number of anilines is 1. The molecule has 3 aliphatic heterocycles. The van der Waals surface area contributed by atoms with Crippen LogP contribution in [0.4, 0.5) is 10.5 Å². The van der Waals surface area contributed by atoms with Crippen LogP contribution in [0.25, 0.3) is 0 Å². The number of aromatic nitrogens is 1. The predicted molar refractivity (Wildman–Crippen MR) is 109 cm³/mol. The molecule has 2 fully saturated rings. The Balaban J connectivity index is 1.20. The molecule has 1 spiro atoms. The maximum Gasteiger partial charge on any atom is 0.322 e. The van der Waals surface area contributed by atoms with Crippen LogP contribution in [-0.2, 0) is 13.1 Å². The fourth-order valence-electron chi connectivity index (χ4n) is 4.71. The molecule has 7 heteroatoms. The SMILES string of the molecule is O=C(Nc1ccc(C(=O)N2CCC3(CCCN3)C2)cc1)N1Cc2ccncc2C1. The lowest BCUT2D eigenvalue weighted by Gasteiger charge is -2.24. The second kappa shape index (κ2) is 7.15. The summed E-state index contributed by atoms with van der Waals surface area (Å²) in [6.07, 6.45) is 6.93. The molecule has 150 valence electrons. The molecule has 1 atom stereocenters. The first kappa shape index (κ1) is 18.1. The van der Waals surface area contributed by atoms with Crippen molar-refractivity contribution in [3.63, 3.8) is 0 Å². The van der Waals surface area contributed by atoms with Crippen LogP contribution in [0, 0.1) is 0 Å². The van der Waals surface area contributed by atoms with Crippen molar-refractivity contribution in [2.24, 2.45) is 0 Å². The first-order valence-electron chi connectivity index (χ1n) is 10.2. The smallest absolute Gasteiger partial charge is 0.322 e. The van der Waals surface area contributed by atoms with Gasteiger partial charge in [-0.1, -0.05) is 0 Å². The van der Waals surface area contributed by atoms with Crippen molar-refractivity contribution in [2.45, 2.75) is 37.9 Å². The van der Waals surface area contributed by atoms with Crippen molar-refractivity contribution in [1.29, 1.82) is 0 Å².